The molecule has 2 heteroatoms. The van der Waals surface area contributed by atoms with E-state index in [4.69, 9.17) is 4.74 Å². The van der Waals surface area contributed by atoms with Gasteiger partial charge in [-0.1, -0.05) is 20.8 Å². The van der Waals surface area contributed by atoms with Gasteiger partial charge in [0.2, 0.25) is 0 Å². The molecular formula is C72H18O2. The summed E-state index contributed by atoms with van der Waals surface area (Å²) in [5.41, 5.74) is 5.49. The lowest BCUT2D eigenvalue weighted by molar-refractivity contribution is -0.159. The third-order valence-corrected chi connectivity index (χ3v) is 29.4. The maximum atomic E-state index is 17.1. The van der Waals surface area contributed by atoms with Crippen molar-refractivity contribution in [2.45, 2.75) is 57.0 Å². The van der Waals surface area contributed by atoms with Crippen LogP contribution in [0, 0.1) is 22.7 Å². The molecule has 0 heterocycles. The maximum absolute atomic E-state index is 17.1. The Morgan fingerprint density at radius 3 is 0.662 bits per heavy atom. The van der Waals surface area contributed by atoms with E-state index in [1.165, 1.54) is 6.42 Å². The first kappa shape index (κ1) is 28.4. The minimum atomic E-state index is -0.510. The van der Waals surface area contributed by atoms with Crippen molar-refractivity contribution in [2.24, 2.45) is 22.7 Å². The average Bonchev–Trinajstić information content (AvgIpc) is 2.42. The molecule has 3 saturated carbocycles. The van der Waals surface area contributed by atoms with E-state index in [2.05, 4.69) is 20.8 Å². The van der Waals surface area contributed by atoms with Crippen molar-refractivity contribution in [3.63, 3.8) is 0 Å². The number of hydrogen-bond donors (Lipinski definition) is 0. The van der Waals surface area contributed by atoms with Gasteiger partial charge in [0, 0.05) is 5.41 Å². The van der Waals surface area contributed by atoms with E-state index in [0.29, 0.717) is 5.92 Å². The Bertz CT molecular complexity index is 6910. The number of rotatable bonds is 2. The maximum Gasteiger partial charge on any atom is 0.311 e. The second-order valence-corrected chi connectivity index (χ2v) is 29.3. The second kappa shape index (κ2) is 6.26. The van der Waals surface area contributed by atoms with Crippen LogP contribution in [0.5, 0.6) is 0 Å². The Balaban J connectivity index is 1.03. The summed E-state index contributed by atoms with van der Waals surface area (Å²) in [4.78, 5) is 17.1. The van der Waals surface area contributed by atoms with Gasteiger partial charge < -0.3 is 4.74 Å². The van der Waals surface area contributed by atoms with Crippen molar-refractivity contribution >= 4 is 297 Å². The molecule has 74 heavy (non-hydrogen) atoms. The van der Waals surface area contributed by atoms with Gasteiger partial charge in [-0.25, -0.2) is 0 Å². The van der Waals surface area contributed by atoms with Gasteiger partial charge in [-0.2, -0.15) is 0 Å². The predicted octanol–water partition coefficient (Wildman–Crippen LogP) is 18.7. The highest BCUT2D eigenvalue weighted by molar-refractivity contribution is 6.82. The molecule has 0 aromatic heterocycles. The summed E-state index contributed by atoms with van der Waals surface area (Å²) in [6.07, 6.45) is 3.39. The zero-order chi connectivity index (χ0) is 44.6. The molecule has 0 saturated heterocycles. The van der Waals surface area contributed by atoms with E-state index in [1.54, 1.807) is 313 Å². The quantitative estimate of drug-likeness (QED) is 0.128. The molecule has 2 bridgehead atoms. The summed E-state index contributed by atoms with van der Waals surface area (Å²) < 4.78 is 7.61. The van der Waals surface area contributed by atoms with Crippen molar-refractivity contribution < 1.29 is 9.53 Å². The van der Waals surface area contributed by atoms with Crippen molar-refractivity contribution in [2.75, 3.05) is 0 Å². The molecule has 0 amide bonds. The number of fused-ring (bicyclic) bond motifs is 2. The Kier molecular flexibility index (Phi) is 2.40. The molecule has 318 valence electrons. The zero-order valence-electron chi connectivity index (χ0n) is 39.2. The summed E-state index contributed by atoms with van der Waals surface area (Å²) in [7, 11) is 0. The number of ether oxygens (including phenoxy) is 1. The van der Waals surface area contributed by atoms with Crippen LogP contribution in [-0.4, -0.2) is 12.1 Å². The van der Waals surface area contributed by atoms with Crippen molar-refractivity contribution in [1.82, 2.24) is 0 Å². The Morgan fingerprint density at radius 2 is 0.500 bits per heavy atom. The van der Waals surface area contributed by atoms with Gasteiger partial charge in [0.1, 0.15) is 6.10 Å². The fourth-order valence-electron chi connectivity index (χ4n) is 28.3. The molecule has 3 fully saturated rings. The molecular weight excluding hydrogens is 897 g/mol. The lowest BCUT2D eigenvalue weighted by Crippen LogP contribution is -2.39. The van der Waals surface area contributed by atoms with Gasteiger partial charge >= 0.3 is 5.97 Å². The average molecular weight is 915 g/mol. The molecule has 7 aliphatic rings. The molecule has 28 aromatic rings. The van der Waals surface area contributed by atoms with E-state index in [-0.39, 0.29) is 28.8 Å². The first-order valence-electron chi connectivity index (χ1n) is 28.4. The number of esters is 1. The summed E-state index contributed by atoms with van der Waals surface area (Å²) in [5.74, 6) is 0.443. The highest BCUT2D eigenvalue weighted by Crippen LogP contribution is 2.92. The van der Waals surface area contributed by atoms with Crippen LogP contribution < -0.4 is 0 Å². The number of benzene rings is 18. The minimum absolute atomic E-state index is 0.0122. The van der Waals surface area contributed by atoms with Crippen molar-refractivity contribution in [3.8, 4) is 0 Å². The SMILES string of the molecule is CC1(C)[C@H]2CC[C@]1(C)[C@H](OC(=O)C1C34c5c6c7c8c9c%10c(c%11c%12c3c3c5c5c%13c6c6c7c7c9c9c%14c%10c%10c%11c%11c%12c%12c3c3c5c5c%13c%13c6c6c7c9c7c9c%14c%10c%10c%11c%11c%12c3c3c5c5c%13c6c7c6c9c%10c%11c3c56)C814)C2. The third-order valence-electron chi connectivity index (χ3n) is 29.4. The molecule has 28 aromatic carbocycles. The van der Waals surface area contributed by atoms with E-state index >= 15 is 4.79 Å². The van der Waals surface area contributed by atoms with Crippen LogP contribution in [0.15, 0.2) is 0 Å². The van der Waals surface area contributed by atoms with E-state index in [9.17, 15) is 0 Å². The summed E-state index contributed by atoms with van der Waals surface area (Å²) in [6, 6.07) is 0. The smallest absolute Gasteiger partial charge is 0.311 e. The predicted molar refractivity (Wildman–Crippen MR) is 306 cm³/mol. The van der Waals surface area contributed by atoms with Gasteiger partial charge in [0.25, 0.3) is 0 Å². The number of hydrogen-bond acceptors (Lipinski definition) is 2. The summed E-state index contributed by atoms with van der Waals surface area (Å²) in [6.45, 7) is 7.50. The molecule has 0 radical (unpaired) electrons. The lowest BCUT2D eigenvalue weighted by Gasteiger charge is -2.38. The molecule has 2 nitrogen and oxygen atoms in total. The fraction of sp³-hybridized carbons (Fsp3) is 0.181. The number of carbonyl (C=O) groups is 1. The van der Waals surface area contributed by atoms with Crippen LogP contribution in [0.2, 0.25) is 0 Å². The van der Waals surface area contributed by atoms with E-state index < -0.39 is 10.8 Å². The topological polar surface area (TPSA) is 26.3 Å². The highest BCUT2D eigenvalue weighted by Gasteiger charge is 2.89. The van der Waals surface area contributed by atoms with Gasteiger partial charge in [-0.15, -0.1) is 0 Å². The van der Waals surface area contributed by atoms with Crippen LogP contribution >= 0.6 is 0 Å². The molecule has 0 aliphatic heterocycles. The molecule has 7 aliphatic carbocycles. The summed E-state index contributed by atoms with van der Waals surface area (Å²) in [5, 5.41) is 86.9. The first-order valence-corrected chi connectivity index (χ1v) is 28.4. The Labute approximate surface area is 406 Å². The standard InChI is InChI=1S/C72H18O2/c1-69(2)7-4-5-70(69,3)8(6-7)74-68(73)67-71-63-55-47-37-27-19-11-9-10-13-17-15(11)23-31-25(17)35-29-21(13)22-14(10)18-16-12(9)20(19)28-34-24(16)32-26(18)36-30(22)40-39(29)49-43(35)53-45(31)51(41(47)33(23)27)59(63)61(53)65-57(49)58-50(40)44(36)54-46(32)52-42(34)48(38(28)37)56(55)64(71)60(52)62(54)66(58)72(65,67)71/h7-8,67H,4-6H2,1-3H3/t7-,8+,67?,70+,71?,72?/m0/s1. The third kappa shape index (κ3) is 1.48. The van der Waals surface area contributed by atoms with E-state index in [1.807, 2.05) is 0 Å². The zero-order valence-corrected chi connectivity index (χ0v) is 39.2. The molecule has 35 rings (SSSR count). The normalized spacial score (nSPS) is 26.4. The van der Waals surface area contributed by atoms with Gasteiger partial charge in [-0.3, -0.25) is 4.79 Å². The molecule has 3 atom stereocenters. The van der Waals surface area contributed by atoms with Gasteiger partial charge in [0.15, 0.2) is 0 Å². The highest BCUT2D eigenvalue weighted by atomic mass is 16.5. The van der Waals surface area contributed by atoms with Crippen LogP contribution in [-0.2, 0) is 20.4 Å². The minimum Gasteiger partial charge on any atom is -0.461 e. The Hall–Kier alpha value is -8.07. The van der Waals surface area contributed by atoms with E-state index in [0.717, 1.165) is 12.8 Å². The van der Waals surface area contributed by atoms with Crippen LogP contribution in [0.1, 0.15) is 62.3 Å². The van der Waals surface area contributed by atoms with Crippen molar-refractivity contribution in [3.05, 3.63) is 22.3 Å². The molecule has 0 unspecified atom stereocenters. The molecule has 0 N–H and O–H groups in total. The van der Waals surface area contributed by atoms with Crippen LogP contribution in [0.3, 0.4) is 0 Å². The summed E-state index contributed by atoms with van der Waals surface area (Å²) >= 11 is 0. The monoisotopic (exact) mass is 914 g/mol. The van der Waals surface area contributed by atoms with Gasteiger partial charge in [0.05, 0.1) is 16.7 Å². The largest absolute Gasteiger partial charge is 0.461 e. The Morgan fingerprint density at radius 1 is 0.311 bits per heavy atom. The van der Waals surface area contributed by atoms with Gasteiger partial charge in [-0.05, 0) is 344 Å². The fourth-order valence-corrected chi connectivity index (χ4v) is 28.3. The first-order chi connectivity index (χ1) is 36.4. The number of carbonyl (C=O) groups excluding carboxylic acids is 1. The van der Waals surface area contributed by atoms with Crippen molar-refractivity contribution in [1.29, 1.82) is 0 Å². The second-order valence-electron chi connectivity index (χ2n) is 29.3. The lowest BCUT2D eigenvalue weighted by atomic mass is 9.68. The molecule has 2 spiro atoms. The van der Waals surface area contributed by atoms with Crippen LogP contribution in [0.25, 0.3) is 291 Å². The van der Waals surface area contributed by atoms with Crippen LogP contribution in [0.4, 0.5) is 0 Å².